The second-order valence-electron chi connectivity index (χ2n) is 4.92. The predicted molar refractivity (Wildman–Crippen MR) is 80.9 cm³/mol. The van der Waals surface area contributed by atoms with E-state index in [0.29, 0.717) is 13.2 Å². The topological polar surface area (TPSA) is 39.7 Å². The molecular formula is C15H21NO3S. The van der Waals surface area contributed by atoms with Crippen LogP contribution in [0, 0.1) is 0 Å². The molecule has 0 aromatic heterocycles. The Morgan fingerprint density at radius 2 is 2.10 bits per heavy atom. The van der Waals surface area contributed by atoms with Gasteiger partial charge in [0.15, 0.2) is 11.5 Å². The van der Waals surface area contributed by atoms with Crippen molar-refractivity contribution in [2.45, 2.75) is 19.1 Å². The van der Waals surface area contributed by atoms with Gasteiger partial charge in [0.25, 0.3) is 0 Å². The summed E-state index contributed by atoms with van der Waals surface area (Å²) in [5.74, 6) is 3.82. The number of fused-ring (bicyclic) bond motifs is 1. The average Bonchev–Trinajstić information content (AvgIpc) is 2.53. The lowest BCUT2D eigenvalue weighted by molar-refractivity contribution is 0.0470. The number of benzene rings is 1. The van der Waals surface area contributed by atoms with Crippen molar-refractivity contribution in [2.75, 3.05) is 37.9 Å². The van der Waals surface area contributed by atoms with Crippen molar-refractivity contribution in [3.05, 3.63) is 23.8 Å². The summed E-state index contributed by atoms with van der Waals surface area (Å²) in [5.41, 5.74) is 1.21. The van der Waals surface area contributed by atoms with Crippen molar-refractivity contribution in [3.63, 3.8) is 0 Å². The monoisotopic (exact) mass is 295 g/mol. The zero-order chi connectivity index (χ0) is 13.8. The number of rotatable bonds is 4. The molecule has 0 amide bonds. The van der Waals surface area contributed by atoms with Gasteiger partial charge in [0.2, 0.25) is 0 Å². The molecule has 2 unspecified atom stereocenters. The number of nitrogens with one attached hydrogen (secondary N) is 1. The van der Waals surface area contributed by atoms with Gasteiger partial charge in [-0.05, 0) is 24.2 Å². The van der Waals surface area contributed by atoms with E-state index in [1.807, 2.05) is 17.8 Å². The number of hydrogen-bond acceptors (Lipinski definition) is 5. The second kappa shape index (κ2) is 6.70. The van der Waals surface area contributed by atoms with Gasteiger partial charge < -0.3 is 19.5 Å². The van der Waals surface area contributed by atoms with Gasteiger partial charge in [-0.25, -0.2) is 0 Å². The van der Waals surface area contributed by atoms with Gasteiger partial charge >= 0.3 is 0 Å². The number of thioether (sulfide) groups is 1. The fourth-order valence-electron chi connectivity index (χ4n) is 2.64. The maximum absolute atomic E-state index is 5.94. The molecule has 110 valence electrons. The van der Waals surface area contributed by atoms with Crippen molar-refractivity contribution in [3.8, 4) is 11.5 Å². The Hall–Kier alpha value is -0.910. The van der Waals surface area contributed by atoms with Gasteiger partial charge in [-0.15, -0.1) is 0 Å². The molecule has 0 radical (unpaired) electrons. The van der Waals surface area contributed by atoms with Crippen LogP contribution in [0.25, 0.3) is 0 Å². The van der Waals surface area contributed by atoms with E-state index in [1.165, 1.54) is 5.56 Å². The van der Waals surface area contributed by atoms with Crippen LogP contribution >= 0.6 is 11.8 Å². The first-order chi connectivity index (χ1) is 9.88. The Labute approximate surface area is 124 Å². The van der Waals surface area contributed by atoms with Crippen LogP contribution in [0.4, 0.5) is 0 Å². The zero-order valence-electron chi connectivity index (χ0n) is 11.8. The second-order valence-corrected chi connectivity index (χ2v) is 6.07. The van der Waals surface area contributed by atoms with Crippen LogP contribution in [0.2, 0.25) is 0 Å². The van der Waals surface area contributed by atoms with E-state index in [0.717, 1.165) is 36.2 Å². The standard InChI is InChI=1S/C15H21NO3S/c1-2-16-15(14-10-20-8-7-19-14)11-3-4-12-13(9-11)18-6-5-17-12/h3-4,9,14-16H,2,5-8,10H2,1H3. The van der Waals surface area contributed by atoms with Gasteiger partial charge in [0, 0.05) is 11.5 Å². The Bertz CT molecular complexity index is 449. The van der Waals surface area contributed by atoms with Crippen molar-refractivity contribution < 1.29 is 14.2 Å². The maximum atomic E-state index is 5.94. The van der Waals surface area contributed by atoms with E-state index in [-0.39, 0.29) is 12.1 Å². The highest BCUT2D eigenvalue weighted by atomic mass is 32.2. The molecule has 3 rings (SSSR count). The molecule has 1 N–H and O–H groups in total. The summed E-state index contributed by atoms with van der Waals surface area (Å²) in [4.78, 5) is 0. The predicted octanol–water partition coefficient (Wildman–Crippen LogP) is 2.24. The highest BCUT2D eigenvalue weighted by Crippen LogP contribution is 2.34. The van der Waals surface area contributed by atoms with E-state index < -0.39 is 0 Å². The minimum absolute atomic E-state index is 0.212. The molecule has 0 saturated carbocycles. The third-order valence-electron chi connectivity index (χ3n) is 3.56. The van der Waals surface area contributed by atoms with Gasteiger partial charge in [-0.2, -0.15) is 11.8 Å². The molecule has 20 heavy (non-hydrogen) atoms. The van der Waals surface area contributed by atoms with Crippen molar-refractivity contribution in [2.24, 2.45) is 0 Å². The smallest absolute Gasteiger partial charge is 0.161 e. The molecule has 0 aliphatic carbocycles. The molecule has 1 fully saturated rings. The first kappa shape index (κ1) is 14.0. The van der Waals surface area contributed by atoms with Crippen molar-refractivity contribution in [1.29, 1.82) is 0 Å². The van der Waals surface area contributed by atoms with E-state index in [1.54, 1.807) is 0 Å². The van der Waals surface area contributed by atoms with E-state index in [9.17, 15) is 0 Å². The summed E-state index contributed by atoms with van der Waals surface area (Å²) in [6.45, 7) is 5.13. The summed E-state index contributed by atoms with van der Waals surface area (Å²) in [6, 6.07) is 6.42. The first-order valence-electron chi connectivity index (χ1n) is 7.20. The van der Waals surface area contributed by atoms with Crippen LogP contribution in [0.1, 0.15) is 18.5 Å². The molecule has 5 heteroatoms. The molecule has 0 spiro atoms. The fourth-order valence-corrected chi connectivity index (χ4v) is 3.54. The molecule has 1 saturated heterocycles. The highest BCUT2D eigenvalue weighted by Gasteiger charge is 2.27. The van der Waals surface area contributed by atoms with E-state index in [2.05, 4.69) is 24.4 Å². The molecule has 2 heterocycles. The summed E-state index contributed by atoms with van der Waals surface area (Å²) in [5, 5.41) is 3.54. The molecule has 2 atom stereocenters. The Kier molecular flexibility index (Phi) is 4.70. The van der Waals surface area contributed by atoms with E-state index in [4.69, 9.17) is 14.2 Å². The molecule has 2 aliphatic rings. The van der Waals surface area contributed by atoms with Crippen LogP contribution < -0.4 is 14.8 Å². The van der Waals surface area contributed by atoms with Crippen LogP contribution in [0.5, 0.6) is 11.5 Å². The Morgan fingerprint density at radius 3 is 2.85 bits per heavy atom. The third-order valence-corrected chi connectivity index (χ3v) is 4.58. The zero-order valence-corrected chi connectivity index (χ0v) is 12.6. The summed E-state index contributed by atoms with van der Waals surface area (Å²) in [6.07, 6.45) is 0.219. The molecule has 1 aromatic rings. The van der Waals surface area contributed by atoms with Gasteiger partial charge in [-0.1, -0.05) is 13.0 Å². The number of likely N-dealkylation sites (N-methyl/N-ethyl adjacent to an activating group) is 1. The van der Waals surface area contributed by atoms with Gasteiger partial charge in [0.05, 0.1) is 18.8 Å². The van der Waals surface area contributed by atoms with Crippen LogP contribution in [-0.4, -0.2) is 44.0 Å². The minimum atomic E-state index is 0.212. The summed E-state index contributed by atoms with van der Waals surface area (Å²) in [7, 11) is 0. The third kappa shape index (κ3) is 3.05. The van der Waals surface area contributed by atoms with E-state index >= 15 is 0 Å². The molecule has 4 nitrogen and oxygen atoms in total. The average molecular weight is 295 g/mol. The lowest BCUT2D eigenvalue weighted by atomic mass is 10.0. The first-order valence-corrected chi connectivity index (χ1v) is 8.36. The van der Waals surface area contributed by atoms with Crippen LogP contribution in [-0.2, 0) is 4.74 Å². The molecule has 2 aliphatic heterocycles. The summed E-state index contributed by atoms with van der Waals surface area (Å²) >= 11 is 1.96. The van der Waals surface area contributed by atoms with Crippen molar-refractivity contribution >= 4 is 11.8 Å². The van der Waals surface area contributed by atoms with Gasteiger partial charge in [0.1, 0.15) is 13.2 Å². The quantitative estimate of drug-likeness (QED) is 0.922. The largest absolute Gasteiger partial charge is 0.486 e. The lowest BCUT2D eigenvalue weighted by Crippen LogP contribution is -2.38. The van der Waals surface area contributed by atoms with Crippen molar-refractivity contribution in [1.82, 2.24) is 5.32 Å². The molecule has 0 bridgehead atoms. The van der Waals surface area contributed by atoms with Crippen LogP contribution in [0.3, 0.4) is 0 Å². The SMILES string of the molecule is CCNC(c1ccc2c(c1)OCCO2)C1CSCCO1. The lowest BCUT2D eigenvalue weighted by Gasteiger charge is -2.31. The normalized spacial score (nSPS) is 23.4. The molecule has 1 aromatic carbocycles. The number of ether oxygens (including phenoxy) is 3. The maximum Gasteiger partial charge on any atom is 0.161 e. The molecular weight excluding hydrogens is 274 g/mol. The minimum Gasteiger partial charge on any atom is -0.486 e. The summed E-state index contributed by atoms with van der Waals surface area (Å²) < 4.78 is 17.2. The Morgan fingerprint density at radius 1 is 1.25 bits per heavy atom. The van der Waals surface area contributed by atoms with Crippen LogP contribution in [0.15, 0.2) is 18.2 Å². The highest BCUT2D eigenvalue weighted by molar-refractivity contribution is 7.99. The fraction of sp³-hybridized carbons (Fsp3) is 0.600. The number of hydrogen-bond donors (Lipinski definition) is 1. The van der Waals surface area contributed by atoms with Gasteiger partial charge in [-0.3, -0.25) is 0 Å². The Balaban J connectivity index is 1.82.